The molecular weight excluding hydrogens is 221 g/mol. The Balaban J connectivity index is 2.18. The second kappa shape index (κ2) is 4.84. The highest BCUT2D eigenvalue weighted by molar-refractivity contribution is 5.85. The summed E-state index contributed by atoms with van der Waals surface area (Å²) in [6.07, 6.45) is 1.74. The van der Waals surface area contributed by atoms with E-state index in [-0.39, 0.29) is 18.3 Å². The third kappa shape index (κ3) is 2.47. The van der Waals surface area contributed by atoms with Crippen molar-refractivity contribution in [2.75, 3.05) is 13.2 Å². The summed E-state index contributed by atoms with van der Waals surface area (Å²) in [4.78, 5) is 11.9. The molecule has 1 amide bonds. The maximum Gasteiger partial charge on any atom is 0.226 e. The molecule has 1 aromatic rings. The Morgan fingerprint density at radius 1 is 1.35 bits per heavy atom. The quantitative estimate of drug-likeness (QED) is 0.828. The summed E-state index contributed by atoms with van der Waals surface area (Å²) in [5, 5.41) is 11.9. The second-order valence-electron chi connectivity index (χ2n) is 4.56. The van der Waals surface area contributed by atoms with E-state index in [1.807, 2.05) is 0 Å². The third-order valence-electron chi connectivity index (χ3n) is 3.42. The Morgan fingerprint density at radius 2 is 2.06 bits per heavy atom. The maximum atomic E-state index is 12.8. The Bertz CT molecular complexity index is 404. The Labute approximate surface area is 99.7 Å². The molecule has 2 rings (SSSR count). The topological polar surface area (TPSA) is 49.3 Å². The minimum absolute atomic E-state index is 0.00382. The maximum absolute atomic E-state index is 12.8. The minimum Gasteiger partial charge on any atom is -0.396 e. The van der Waals surface area contributed by atoms with Crippen LogP contribution in [0.1, 0.15) is 18.4 Å². The second-order valence-corrected chi connectivity index (χ2v) is 4.56. The van der Waals surface area contributed by atoms with Gasteiger partial charge in [-0.05, 0) is 37.0 Å². The molecule has 0 saturated carbocycles. The number of nitrogens with one attached hydrogen (secondary N) is 1. The first-order chi connectivity index (χ1) is 8.16. The smallest absolute Gasteiger partial charge is 0.226 e. The summed E-state index contributed by atoms with van der Waals surface area (Å²) in [5.74, 6) is -0.281. The number of benzene rings is 1. The van der Waals surface area contributed by atoms with Crippen molar-refractivity contribution < 1.29 is 14.3 Å². The van der Waals surface area contributed by atoms with Crippen LogP contribution in [0.15, 0.2) is 24.3 Å². The van der Waals surface area contributed by atoms with Gasteiger partial charge in [0, 0.05) is 13.2 Å². The Hall–Kier alpha value is -1.42. The highest BCUT2D eigenvalue weighted by Crippen LogP contribution is 2.34. The number of aliphatic hydroxyl groups is 1. The zero-order valence-corrected chi connectivity index (χ0v) is 9.58. The molecular formula is C13H16FNO2. The number of halogens is 1. The lowest BCUT2D eigenvalue weighted by molar-refractivity contribution is -0.128. The van der Waals surface area contributed by atoms with Gasteiger partial charge in [0.2, 0.25) is 5.91 Å². The van der Waals surface area contributed by atoms with E-state index < -0.39 is 5.41 Å². The van der Waals surface area contributed by atoms with Crippen molar-refractivity contribution in [2.24, 2.45) is 5.41 Å². The van der Waals surface area contributed by atoms with Gasteiger partial charge >= 0.3 is 0 Å². The lowest BCUT2D eigenvalue weighted by Crippen LogP contribution is -2.34. The number of hydrogen-bond donors (Lipinski definition) is 2. The lowest BCUT2D eigenvalue weighted by atomic mass is 9.77. The van der Waals surface area contributed by atoms with Crippen LogP contribution in [0.3, 0.4) is 0 Å². The molecule has 1 atom stereocenters. The highest BCUT2D eigenvalue weighted by atomic mass is 19.1. The molecule has 0 bridgehead atoms. The zero-order valence-electron chi connectivity index (χ0n) is 9.58. The lowest BCUT2D eigenvalue weighted by Gasteiger charge is -2.25. The number of hydrogen-bond acceptors (Lipinski definition) is 2. The molecule has 3 nitrogen and oxygen atoms in total. The van der Waals surface area contributed by atoms with Crippen molar-refractivity contribution in [3.8, 4) is 0 Å². The van der Waals surface area contributed by atoms with E-state index in [0.717, 1.165) is 12.0 Å². The molecule has 92 valence electrons. The standard InChI is InChI=1S/C13H16FNO2/c14-11-3-1-10(2-4-11)9-13(6-8-16)5-7-15-12(13)17/h1-4,16H,5-9H2,(H,15,17). The van der Waals surface area contributed by atoms with E-state index in [9.17, 15) is 9.18 Å². The van der Waals surface area contributed by atoms with Crippen LogP contribution in [0.25, 0.3) is 0 Å². The van der Waals surface area contributed by atoms with Crippen molar-refractivity contribution in [2.45, 2.75) is 19.3 Å². The number of carbonyl (C=O) groups excluding carboxylic acids is 1. The summed E-state index contributed by atoms with van der Waals surface area (Å²) in [7, 11) is 0. The normalized spacial score (nSPS) is 23.8. The van der Waals surface area contributed by atoms with Crippen LogP contribution >= 0.6 is 0 Å². The fraction of sp³-hybridized carbons (Fsp3) is 0.462. The van der Waals surface area contributed by atoms with Gasteiger partial charge in [0.1, 0.15) is 5.82 Å². The van der Waals surface area contributed by atoms with Crippen LogP contribution in [-0.4, -0.2) is 24.2 Å². The van der Waals surface area contributed by atoms with Gasteiger partial charge in [-0.3, -0.25) is 4.79 Å². The van der Waals surface area contributed by atoms with E-state index >= 15 is 0 Å². The summed E-state index contributed by atoms with van der Waals surface area (Å²) in [6.45, 7) is 0.647. The summed E-state index contributed by atoms with van der Waals surface area (Å²) in [6, 6.07) is 6.18. The number of aliphatic hydroxyl groups excluding tert-OH is 1. The fourth-order valence-corrected chi connectivity index (χ4v) is 2.42. The summed E-state index contributed by atoms with van der Waals surface area (Å²) < 4.78 is 12.8. The molecule has 2 N–H and O–H groups in total. The molecule has 1 unspecified atom stereocenters. The first kappa shape index (κ1) is 12.0. The highest BCUT2D eigenvalue weighted by Gasteiger charge is 2.41. The molecule has 1 aliphatic rings. The van der Waals surface area contributed by atoms with Crippen molar-refractivity contribution in [1.82, 2.24) is 5.32 Å². The van der Waals surface area contributed by atoms with Crippen LogP contribution < -0.4 is 5.32 Å². The van der Waals surface area contributed by atoms with Gasteiger partial charge in [0.15, 0.2) is 0 Å². The summed E-state index contributed by atoms with van der Waals surface area (Å²) >= 11 is 0. The van der Waals surface area contributed by atoms with E-state index in [1.165, 1.54) is 12.1 Å². The molecule has 0 aliphatic carbocycles. The molecule has 1 saturated heterocycles. The van der Waals surface area contributed by atoms with E-state index in [2.05, 4.69) is 5.32 Å². The van der Waals surface area contributed by atoms with E-state index in [1.54, 1.807) is 12.1 Å². The molecule has 17 heavy (non-hydrogen) atoms. The van der Waals surface area contributed by atoms with Gasteiger partial charge < -0.3 is 10.4 Å². The van der Waals surface area contributed by atoms with Gasteiger partial charge in [-0.2, -0.15) is 0 Å². The molecule has 0 spiro atoms. The van der Waals surface area contributed by atoms with Crippen LogP contribution in [0, 0.1) is 11.2 Å². The first-order valence-electron chi connectivity index (χ1n) is 5.80. The fourth-order valence-electron chi connectivity index (χ4n) is 2.42. The van der Waals surface area contributed by atoms with Gasteiger partial charge in [0.25, 0.3) is 0 Å². The van der Waals surface area contributed by atoms with Crippen LogP contribution in [-0.2, 0) is 11.2 Å². The third-order valence-corrected chi connectivity index (χ3v) is 3.42. The molecule has 0 radical (unpaired) electrons. The first-order valence-corrected chi connectivity index (χ1v) is 5.80. The van der Waals surface area contributed by atoms with Gasteiger partial charge in [-0.15, -0.1) is 0 Å². The van der Waals surface area contributed by atoms with Crippen molar-refractivity contribution in [3.05, 3.63) is 35.6 Å². The van der Waals surface area contributed by atoms with Crippen LogP contribution in [0.5, 0.6) is 0 Å². The van der Waals surface area contributed by atoms with Crippen molar-refractivity contribution in [1.29, 1.82) is 0 Å². The Morgan fingerprint density at radius 3 is 2.59 bits per heavy atom. The van der Waals surface area contributed by atoms with Gasteiger partial charge in [0.05, 0.1) is 5.41 Å². The molecule has 0 aromatic heterocycles. The van der Waals surface area contributed by atoms with E-state index in [4.69, 9.17) is 5.11 Å². The van der Waals surface area contributed by atoms with Crippen molar-refractivity contribution >= 4 is 5.91 Å². The zero-order chi connectivity index (χ0) is 12.3. The average Bonchev–Trinajstić information content (AvgIpc) is 2.65. The number of carbonyl (C=O) groups is 1. The largest absolute Gasteiger partial charge is 0.396 e. The molecule has 4 heteroatoms. The molecule has 1 heterocycles. The average molecular weight is 237 g/mol. The Kier molecular flexibility index (Phi) is 3.43. The van der Waals surface area contributed by atoms with Crippen molar-refractivity contribution in [3.63, 3.8) is 0 Å². The van der Waals surface area contributed by atoms with Crippen LogP contribution in [0.2, 0.25) is 0 Å². The van der Waals surface area contributed by atoms with E-state index in [0.29, 0.717) is 19.4 Å². The summed E-state index contributed by atoms with van der Waals surface area (Å²) in [5.41, 5.74) is 0.406. The van der Waals surface area contributed by atoms with Gasteiger partial charge in [-0.1, -0.05) is 12.1 Å². The minimum atomic E-state index is -0.521. The monoisotopic (exact) mass is 237 g/mol. The molecule has 1 fully saturated rings. The number of amides is 1. The van der Waals surface area contributed by atoms with Crippen LogP contribution in [0.4, 0.5) is 4.39 Å². The molecule has 1 aromatic carbocycles. The SMILES string of the molecule is O=C1NCCC1(CCO)Cc1ccc(F)cc1. The number of rotatable bonds is 4. The van der Waals surface area contributed by atoms with Gasteiger partial charge in [-0.25, -0.2) is 4.39 Å². The predicted octanol–water partition coefficient (Wildman–Crippen LogP) is 1.26. The molecule has 1 aliphatic heterocycles. The predicted molar refractivity (Wildman–Crippen MR) is 61.9 cm³/mol.